The Balaban J connectivity index is -0.000000154. The van der Waals surface area contributed by atoms with Crippen LogP contribution in [0.4, 0.5) is 0 Å². The molecule has 0 saturated heterocycles. The maximum atomic E-state index is 11.5. The van der Waals surface area contributed by atoms with Gasteiger partial charge in [0.05, 0.1) is 18.9 Å². The molecule has 2 fully saturated rings. The van der Waals surface area contributed by atoms with Gasteiger partial charge in [-0.1, -0.05) is 39.7 Å². The van der Waals surface area contributed by atoms with E-state index in [0.717, 1.165) is 44.9 Å². The first-order valence-corrected chi connectivity index (χ1v) is 13.3. The third kappa shape index (κ3) is 26.1. The van der Waals surface area contributed by atoms with Gasteiger partial charge in [0, 0.05) is 15.1 Å². The standard InChI is InChI=1S/C12H22O3.C12H20O3.C2H6.CH5P.3H2S/c2*1-12(2,3)15-11(14)8-9-6-4-5-7-10(9)13;2*1-2;;;/h9-10,13H,4-8H2,1-3H3;9H,4-8H2,1-3H3;1-2H3;2H2,1H3;3*1H2/t9-,10+;9-;;;;;/m11...../s1/i;;2*1D;;;. The number of hydrogen-bond acceptors (Lipinski definition) is 6. The van der Waals surface area contributed by atoms with Crippen molar-refractivity contribution in [2.24, 2.45) is 11.8 Å². The largest absolute Gasteiger partial charge is 0.460 e. The summed E-state index contributed by atoms with van der Waals surface area (Å²) < 4.78 is 22.8. The summed E-state index contributed by atoms with van der Waals surface area (Å²) in [6, 6.07) is 0. The van der Waals surface area contributed by atoms with Crippen LogP contribution < -0.4 is 0 Å². The maximum absolute atomic E-state index is 11.5. The lowest BCUT2D eigenvalue weighted by molar-refractivity contribution is -0.158. The van der Waals surface area contributed by atoms with E-state index in [9.17, 15) is 19.5 Å². The van der Waals surface area contributed by atoms with Gasteiger partial charge in [-0.2, -0.15) is 40.5 Å². The SMILES string of the molecule is CC(C)(C)OC(=O)C[C@H]1CCCCC1=O.CC(C)(C)OC(=O)C[C@H]1CCCC[C@@H]1O.S.S.S.[2H]CC.[2H]CP. The van der Waals surface area contributed by atoms with Gasteiger partial charge in [0.2, 0.25) is 0 Å². The molecular formula is C27H59O6PS3. The van der Waals surface area contributed by atoms with Crippen LogP contribution in [0.25, 0.3) is 0 Å². The average molecular weight is 609 g/mol. The lowest BCUT2D eigenvalue weighted by atomic mass is 9.84. The Morgan fingerprint density at radius 2 is 1.30 bits per heavy atom. The molecule has 1 N–H and O–H groups in total. The Morgan fingerprint density at radius 1 is 0.892 bits per heavy atom. The number of esters is 2. The molecule has 10 heteroatoms. The third-order valence-corrected chi connectivity index (χ3v) is 5.23. The van der Waals surface area contributed by atoms with Crippen molar-refractivity contribution >= 4 is 67.4 Å². The monoisotopic (exact) mass is 608 g/mol. The van der Waals surface area contributed by atoms with Crippen LogP contribution in [0.3, 0.4) is 0 Å². The van der Waals surface area contributed by atoms with Gasteiger partial charge in [-0.05, 0) is 73.1 Å². The summed E-state index contributed by atoms with van der Waals surface area (Å²) in [7, 11) is 2.25. The normalized spacial score (nSPS) is 21.3. The van der Waals surface area contributed by atoms with Crippen molar-refractivity contribution < 1.29 is 31.7 Å². The van der Waals surface area contributed by atoms with Crippen molar-refractivity contribution in [1.29, 1.82) is 0 Å². The quantitative estimate of drug-likeness (QED) is 0.286. The topological polar surface area (TPSA) is 89.9 Å². The molecule has 2 saturated carbocycles. The van der Waals surface area contributed by atoms with Crippen molar-refractivity contribution in [3.05, 3.63) is 0 Å². The van der Waals surface area contributed by atoms with Gasteiger partial charge in [-0.25, -0.2) is 0 Å². The zero-order valence-electron chi connectivity index (χ0n) is 26.3. The molecule has 0 radical (unpaired) electrons. The third-order valence-electron chi connectivity index (χ3n) is 5.23. The molecule has 4 atom stereocenters. The molecular weight excluding hydrogens is 547 g/mol. The van der Waals surface area contributed by atoms with E-state index in [2.05, 4.69) is 9.24 Å². The van der Waals surface area contributed by atoms with Gasteiger partial charge >= 0.3 is 11.9 Å². The summed E-state index contributed by atoms with van der Waals surface area (Å²) >= 11 is 0. The number of carbonyl (C=O) groups excluding carboxylic acids is 3. The highest BCUT2D eigenvalue weighted by Crippen LogP contribution is 2.28. The molecule has 0 aromatic rings. The van der Waals surface area contributed by atoms with Crippen molar-refractivity contribution in [3.8, 4) is 0 Å². The van der Waals surface area contributed by atoms with Crippen molar-refractivity contribution in [2.75, 3.05) is 6.64 Å². The van der Waals surface area contributed by atoms with Crippen LogP contribution >= 0.6 is 49.7 Å². The fourth-order valence-electron chi connectivity index (χ4n) is 3.88. The van der Waals surface area contributed by atoms with Crippen LogP contribution in [-0.4, -0.2) is 46.8 Å². The van der Waals surface area contributed by atoms with Crippen LogP contribution in [0.5, 0.6) is 0 Å². The van der Waals surface area contributed by atoms with E-state index >= 15 is 0 Å². The van der Waals surface area contributed by atoms with Crippen LogP contribution in [0.15, 0.2) is 0 Å². The highest BCUT2D eigenvalue weighted by atomic mass is 32.1. The molecule has 0 aromatic carbocycles. The number of ketones is 1. The summed E-state index contributed by atoms with van der Waals surface area (Å²) in [5.74, 6) is -0.189. The molecule has 0 aliphatic heterocycles. The number of Topliss-reactive ketones (excluding diaryl/α,β-unsaturated/α-hetero) is 1. The number of carbonyl (C=O) groups is 3. The molecule has 0 spiro atoms. The first-order valence-electron chi connectivity index (χ1n) is 13.9. The summed E-state index contributed by atoms with van der Waals surface area (Å²) in [5.41, 5.74) is -0.870. The minimum Gasteiger partial charge on any atom is -0.460 e. The number of rotatable bonds is 4. The number of ether oxygens (including phenoxy) is 2. The molecule has 0 heterocycles. The number of hydrogen-bond donors (Lipinski definition) is 1. The molecule has 2 aliphatic carbocycles. The first kappa shape index (κ1) is 41.5. The molecule has 37 heavy (non-hydrogen) atoms. The van der Waals surface area contributed by atoms with E-state index in [1.165, 1.54) is 0 Å². The van der Waals surface area contributed by atoms with Crippen molar-refractivity contribution in [1.82, 2.24) is 0 Å². The van der Waals surface area contributed by atoms with Gasteiger partial charge in [0.25, 0.3) is 0 Å². The minimum atomic E-state index is -0.450. The van der Waals surface area contributed by atoms with E-state index in [1.54, 1.807) is 6.92 Å². The van der Waals surface area contributed by atoms with Gasteiger partial charge in [-0.3, -0.25) is 14.4 Å². The Bertz CT molecular complexity index is 630. The summed E-state index contributed by atoms with van der Waals surface area (Å²) in [4.78, 5) is 34.5. The zero-order chi connectivity index (χ0) is 28.4. The lowest BCUT2D eigenvalue weighted by Gasteiger charge is -2.28. The van der Waals surface area contributed by atoms with Crippen molar-refractivity contribution in [3.63, 3.8) is 0 Å². The van der Waals surface area contributed by atoms with Crippen molar-refractivity contribution in [2.45, 2.75) is 137 Å². The Labute approximate surface area is 253 Å². The molecule has 1 unspecified atom stereocenters. The Hall–Kier alpha value is 0.0500. The van der Waals surface area contributed by atoms with Gasteiger partial charge < -0.3 is 14.6 Å². The number of aliphatic hydroxyl groups is 1. The van der Waals surface area contributed by atoms with Crippen LogP contribution in [0.2, 0.25) is 0 Å². The summed E-state index contributed by atoms with van der Waals surface area (Å²) in [6.45, 7) is 13.8. The fourth-order valence-corrected chi connectivity index (χ4v) is 3.88. The minimum absolute atomic E-state index is 0. The van der Waals surface area contributed by atoms with Crippen LogP contribution in [0, 0.1) is 11.8 Å². The number of aliphatic hydroxyl groups excluding tert-OH is 1. The zero-order valence-corrected chi connectivity index (χ0v) is 28.4. The Morgan fingerprint density at radius 3 is 1.70 bits per heavy atom. The maximum Gasteiger partial charge on any atom is 0.307 e. The Kier molecular flexibility index (Phi) is 28.1. The molecule has 0 bridgehead atoms. The second kappa shape index (κ2) is 25.0. The molecule has 6 nitrogen and oxygen atoms in total. The molecule has 0 amide bonds. The van der Waals surface area contributed by atoms with Gasteiger partial charge in [-0.15, -0.1) is 9.24 Å². The predicted molar refractivity (Wildman–Crippen MR) is 174 cm³/mol. The molecule has 0 aromatic heterocycles. The second-order valence-corrected chi connectivity index (χ2v) is 10.6. The van der Waals surface area contributed by atoms with E-state index in [4.69, 9.17) is 12.2 Å². The summed E-state index contributed by atoms with van der Waals surface area (Å²) in [6.07, 6.45) is 7.78. The second-order valence-electron chi connectivity index (χ2n) is 10.6. The van der Waals surface area contributed by atoms with E-state index in [0.29, 0.717) is 26.4 Å². The summed E-state index contributed by atoms with van der Waals surface area (Å²) in [5, 5.41) is 9.71. The van der Waals surface area contributed by atoms with Gasteiger partial charge in [0.1, 0.15) is 17.0 Å². The van der Waals surface area contributed by atoms with Crippen LogP contribution in [0.1, 0.15) is 122 Å². The average Bonchev–Trinajstić information content (AvgIpc) is 2.70. The smallest absolute Gasteiger partial charge is 0.307 e. The molecule has 2 aliphatic rings. The highest BCUT2D eigenvalue weighted by Gasteiger charge is 2.28. The first-order chi connectivity index (χ1) is 16.6. The highest BCUT2D eigenvalue weighted by molar-refractivity contribution is 7.59. The fraction of sp³-hybridized carbons (Fsp3) is 0.889. The molecule has 226 valence electrons. The lowest BCUT2D eigenvalue weighted by Crippen LogP contribution is -2.30. The van der Waals surface area contributed by atoms with Crippen LogP contribution in [-0.2, 0) is 23.9 Å². The van der Waals surface area contributed by atoms with E-state index in [1.807, 2.05) is 41.5 Å². The van der Waals surface area contributed by atoms with Gasteiger partial charge in [0.15, 0.2) is 0 Å². The molecule has 2 rings (SSSR count). The van der Waals surface area contributed by atoms with E-state index in [-0.39, 0.29) is 82.6 Å². The predicted octanol–water partition coefficient (Wildman–Crippen LogP) is 6.60. The van der Waals surface area contributed by atoms with E-state index < -0.39 is 11.2 Å².